The summed E-state index contributed by atoms with van der Waals surface area (Å²) in [5, 5.41) is 9.14. The third kappa shape index (κ3) is 4.53. The molecule has 0 radical (unpaired) electrons. The van der Waals surface area contributed by atoms with E-state index in [9.17, 15) is 22.8 Å². The maximum absolute atomic E-state index is 13.7. The number of anilines is 1. The summed E-state index contributed by atoms with van der Waals surface area (Å²) in [6.07, 6.45) is 1.79. The monoisotopic (exact) mass is 472 g/mol. The highest BCUT2D eigenvalue weighted by atomic mass is 19.4. The number of hydrogen-bond donors (Lipinski definition) is 3. The van der Waals surface area contributed by atoms with Crippen LogP contribution < -0.4 is 16.0 Å². The van der Waals surface area contributed by atoms with Gasteiger partial charge in [-0.1, -0.05) is 25.0 Å². The molecule has 1 saturated carbocycles. The highest BCUT2D eigenvalue weighted by molar-refractivity contribution is 5.99. The summed E-state index contributed by atoms with van der Waals surface area (Å²) in [6.45, 7) is 1.18. The van der Waals surface area contributed by atoms with E-state index >= 15 is 0 Å². The number of hydrogen-bond acceptors (Lipinski definition) is 4. The van der Waals surface area contributed by atoms with Crippen LogP contribution in [0.5, 0.6) is 0 Å². The second-order valence-electron chi connectivity index (χ2n) is 9.72. The minimum atomic E-state index is -4.48. The first kappa shape index (κ1) is 22.8. The second kappa shape index (κ2) is 8.69. The van der Waals surface area contributed by atoms with Gasteiger partial charge in [-0.3, -0.25) is 14.6 Å². The molecule has 3 heterocycles. The Balaban J connectivity index is 1.40. The molecule has 2 atom stereocenters. The van der Waals surface area contributed by atoms with E-state index in [-0.39, 0.29) is 24.3 Å². The fraction of sp³-hybridized carbons (Fsp3) is 0.480. The SMILES string of the molecule is O=C1Cc2ccc(C(CC3CC3)C3(C(=O)NCc4cncc(C(F)(F)F)c4)CCNC3)cc2N1. The summed E-state index contributed by atoms with van der Waals surface area (Å²) in [4.78, 5) is 29.2. The molecule has 9 heteroatoms. The second-order valence-corrected chi connectivity index (χ2v) is 9.72. The maximum Gasteiger partial charge on any atom is 0.417 e. The van der Waals surface area contributed by atoms with Crippen molar-refractivity contribution in [1.29, 1.82) is 0 Å². The van der Waals surface area contributed by atoms with E-state index in [1.165, 1.54) is 6.20 Å². The van der Waals surface area contributed by atoms with Gasteiger partial charge in [-0.05, 0) is 60.0 Å². The molecular weight excluding hydrogens is 445 g/mol. The Morgan fingerprint density at radius 1 is 1.24 bits per heavy atom. The van der Waals surface area contributed by atoms with Gasteiger partial charge in [0.1, 0.15) is 0 Å². The molecule has 1 aliphatic carbocycles. The molecule has 2 amide bonds. The Morgan fingerprint density at radius 3 is 2.76 bits per heavy atom. The number of benzene rings is 1. The summed E-state index contributed by atoms with van der Waals surface area (Å²) in [5.41, 5.74) is 1.55. The van der Waals surface area contributed by atoms with Crippen molar-refractivity contribution in [3.05, 3.63) is 58.9 Å². The Bertz CT molecular complexity index is 1110. The zero-order valence-electron chi connectivity index (χ0n) is 18.7. The molecule has 2 fully saturated rings. The molecule has 1 aromatic carbocycles. The molecule has 5 rings (SSSR count). The molecule has 0 spiro atoms. The maximum atomic E-state index is 13.7. The number of pyridine rings is 1. The molecule has 1 saturated heterocycles. The van der Waals surface area contributed by atoms with Crippen LogP contribution in [0, 0.1) is 11.3 Å². The van der Waals surface area contributed by atoms with Gasteiger partial charge in [-0.25, -0.2) is 0 Å². The molecule has 3 aliphatic rings. The van der Waals surface area contributed by atoms with Gasteiger partial charge in [0.2, 0.25) is 11.8 Å². The lowest BCUT2D eigenvalue weighted by Gasteiger charge is -2.36. The van der Waals surface area contributed by atoms with Crippen molar-refractivity contribution in [3.8, 4) is 0 Å². The lowest BCUT2D eigenvalue weighted by Crippen LogP contribution is -2.46. The lowest BCUT2D eigenvalue weighted by molar-refractivity contribution is -0.137. The Labute approximate surface area is 195 Å². The number of rotatable bonds is 7. The Morgan fingerprint density at radius 2 is 2.06 bits per heavy atom. The van der Waals surface area contributed by atoms with Crippen molar-refractivity contribution in [2.45, 2.75) is 50.7 Å². The molecule has 180 valence electrons. The zero-order chi connectivity index (χ0) is 23.9. The van der Waals surface area contributed by atoms with E-state index in [0.29, 0.717) is 37.4 Å². The molecule has 34 heavy (non-hydrogen) atoms. The van der Waals surface area contributed by atoms with Gasteiger partial charge in [0, 0.05) is 31.2 Å². The van der Waals surface area contributed by atoms with Crippen molar-refractivity contribution in [2.24, 2.45) is 11.3 Å². The number of alkyl halides is 3. The van der Waals surface area contributed by atoms with Crippen LogP contribution in [-0.4, -0.2) is 29.9 Å². The van der Waals surface area contributed by atoms with E-state index < -0.39 is 17.2 Å². The van der Waals surface area contributed by atoms with E-state index in [1.807, 2.05) is 18.2 Å². The van der Waals surface area contributed by atoms with Gasteiger partial charge in [0.25, 0.3) is 0 Å². The smallest absolute Gasteiger partial charge is 0.351 e. The quantitative estimate of drug-likeness (QED) is 0.573. The predicted octanol–water partition coefficient (Wildman–Crippen LogP) is 3.77. The molecule has 2 aliphatic heterocycles. The van der Waals surface area contributed by atoms with E-state index in [0.717, 1.165) is 48.3 Å². The van der Waals surface area contributed by atoms with Gasteiger partial charge in [-0.2, -0.15) is 13.2 Å². The summed E-state index contributed by atoms with van der Waals surface area (Å²) >= 11 is 0. The highest BCUT2D eigenvalue weighted by Gasteiger charge is 2.49. The topological polar surface area (TPSA) is 83.1 Å². The molecular formula is C25H27F3N4O2. The fourth-order valence-electron chi connectivity index (χ4n) is 5.27. The van der Waals surface area contributed by atoms with Gasteiger partial charge in [0.15, 0.2) is 0 Å². The van der Waals surface area contributed by atoms with Crippen molar-refractivity contribution in [2.75, 3.05) is 18.4 Å². The number of carbonyl (C=O) groups excluding carboxylic acids is 2. The minimum Gasteiger partial charge on any atom is -0.351 e. The summed E-state index contributed by atoms with van der Waals surface area (Å²) in [5.74, 6) is 0.309. The van der Waals surface area contributed by atoms with Crippen LogP contribution in [0.15, 0.2) is 36.7 Å². The molecule has 1 aromatic heterocycles. The molecule has 2 unspecified atom stereocenters. The number of carbonyl (C=O) groups is 2. The van der Waals surface area contributed by atoms with Crippen LogP contribution in [0.2, 0.25) is 0 Å². The summed E-state index contributed by atoms with van der Waals surface area (Å²) in [7, 11) is 0. The van der Waals surface area contributed by atoms with Crippen LogP contribution in [0.25, 0.3) is 0 Å². The average molecular weight is 473 g/mol. The zero-order valence-corrected chi connectivity index (χ0v) is 18.7. The predicted molar refractivity (Wildman–Crippen MR) is 120 cm³/mol. The number of amides is 2. The summed E-state index contributed by atoms with van der Waals surface area (Å²) in [6, 6.07) is 7.01. The van der Waals surface area contributed by atoms with Gasteiger partial charge < -0.3 is 16.0 Å². The minimum absolute atomic E-state index is 0.0199. The van der Waals surface area contributed by atoms with E-state index in [2.05, 4.69) is 20.9 Å². The molecule has 3 N–H and O–H groups in total. The van der Waals surface area contributed by atoms with Crippen molar-refractivity contribution < 1.29 is 22.8 Å². The third-order valence-electron chi connectivity index (χ3n) is 7.31. The molecule has 6 nitrogen and oxygen atoms in total. The van der Waals surface area contributed by atoms with Crippen molar-refractivity contribution in [3.63, 3.8) is 0 Å². The Hall–Kier alpha value is -2.94. The van der Waals surface area contributed by atoms with Crippen LogP contribution >= 0.6 is 0 Å². The Kier molecular flexibility index (Phi) is 5.83. The lowest BCUT2D eigenvalue weighted by atomic mass is 9.68. The summed E-state index contributed by atoms with van der Waals surface area (Å²) < 4.78 is 39.2. The number of aromatic nitrogens is 1. The van der Waals surface area contributed by atoms with Gasteiger partial charge >= 0.3 is 6.18 Å². The largest absolute Gasteiger partial charge is 0.417 e. The fourth-order valence-corrected chi connectivity index (χ4v) is 5.27. The van der Waals surface area contributed by atoms with Crippen LogP contribution in [0.1, 0.15) is 53.9 Å². The van der Waals surface area contributed by atoms with E-state index in [4.69, 9.17) is 0 Å². The third-order valence-corrected chi connectivity index (χ3v) is 7.31. The first-order chi connectivity index (χ1) is 16.2. The van der Waals surface area contributed by atoms with Gasteiger partial charge in [0.05, 0.1) is 17.4 Å². The molecule has 2 aromatic rings. The number of nitrogens with one attached hydrogen (secondary N) is 3. The number of nitrogens with zero attached hydrogens (tertiary/aromatic N) is 1. The molecule has 0 bridgehead atoms. The van der Waals surface area contributed by atoms with Crippen molar-refractivity contribution >= 4 is 17.5 Å². The first-order valence-electron chi connectivity index (χ1n) is 11.7. The van der Waals surface area contributed by atoms with E-state index in [1.54, 1.807) is 0 Å². The average Bonchev–Trinajstić information content (AvgIpc) is 3.34. The van der Waals surface area contributed by atoms with Crippen LogP contribution in [0.3, 0.4) is 0 Å². The van der Waals surface area contributed by atoms with Crippen molar-refractivity contribution in [1.82, 2.24) is 15.6 Å². The first-order valence-corrected chi connectivity index (χ1v) is 11.7. The highest BCUT2D eigenvalue weighted by Crippen LogP contribution is 2.50. The van der Waals surface area contributed by atoms with Gasteiger partial charge in [-0.15, -0.1) is 0 Å². The van der Waals surface area contributed by atoms with Crippen LogP contribution in [0.4, 0.5) is 18.9 Å². The van der Waals surface area contributed by atoms with Crippen LogP contribution in [-0.2, 0) is 28.7 Å². The number of halogens is 3. The standard InChI is InChI=1S/C25H27F3N4O2/c26-25(27,28)19-7-16(11-30-13-19)12-31-23(34)24(5-6-29-14-24)20(8-15-1-2-15)17-3-4-18-10-22(33)32-21(18)9-17/h3-4,7,9,11,13,15,20,29H,1-2,5-6,8,10,12,14H2,(H,31,34)(H,32,33). The normalized spacial score (nSPS) is 22.9. The number of fused-ring (bicyclic) bond motifs is 1.